The number of hydrogen-bond acceptors (Lipinski definition) is 2. The highest BCUT2D eigenvalue weighted by Gasteiger charge is 2.32. The van der Waals surface area contributed by atoms with Crippen molar-refractivity contribution in [1.82, 2.24) is 0 Å². The molecule has 4 aromatic rings. The fourth-order valence-electron chi connectivity index (χ4n) is 5.43. The van der Waals surface area contributed by atoms with Gasteiger partial charge < -0.3 is 0 Å². The van der Waals surface area contributed by atoms with Crippen LogP contribution in [0.3, 0.4) is 0 Å². The van der Waals surface area contributed by atoms with Gasteiger partial charge in [-0.2, -0.15) is 0 Å². The lowest BCUT2D eigenvalue weighted by Crippen LogP contribution is -2.20. The minimum atomic E-state index is 0.0567. The Morgan fingerprint density at radius 3 is 1.31 bits per heavy atom. The Kier molecular flexibility index (Phi) is 4.06. The van der Waals surface area contributed by atoms with E-state index < -0.39 is 0 Å². The molecule has 0 aromatic heterocycles. The second-order valence-corrected chi connectivity index (χ2v) is 8.91. The molecule has 0 saturated carbocycles. The summed E-state index contributed by atoms with van der Waals surface area (Å²) in [4.78, 5) is 27.5. The number of rotatable bonds is 1. The molecule has 32 heavy (non-hydrogen) atoms. The average molecular weight is 415 g/mol. The molecular weight excluding hydrogens is 392 g/mol. The minimum absolute atomic E-state index is 0.0567. The third-order valence-corrected chi connectivity index (χ3v) is 6.99. The van der Waals surface area contributed by atoms with Crippen LogP contribution in [0.25, 0.3) is 11.1 Å². The molecule has 2 nitrogen and oxygen atoms in total. The van der Waals surface area contributed by atoms with Crippen LogP contribution in [0.2, 0.25) is 0 Å². The molecule has 2 heteroatoms. The number of carbonyl (C=O) groups excluding carboxylic acids is 2. The minimum Gasteiger partial charge on any atom is -0.289 e. The van der Waals surface area contributed by atoms with Crippen molar-refractivity contribution in [2.24, 2.45) is 0 Å². The van der Waals surface area contributed by atoms with Crippen molar-refractivity contribution < 1.29 is 9.59 Å². The van der Waals surface area contributed by atoms with E-state index in [9.17, 15) is 9.59 Å². The van der Waals surface area contributed by atoms with E-state index in [2.05, 4.69) is 24.3 Å². The van der Waals surface area contributed by atoms with Crippen LogP contribution < -0.4 is 0 Å². The smallest absolute Gasteiger partial charge is 0.194 e. The summed E-state index contributed by atoms with van der Waals surface area (Å²) in [5.41, 5.74) is 11.2. The van der Waals surface area contributed by atoms with E-state index in [-0.39, 0.29) is 11.6 Å². The van der Waals surface area contributed by atoms with Crippen molar-refractivity contribution in [2.45, 2.75) is 26.7 Å². The quantitative estimate of drug-likeness (QED) is 0.319. The fraction of sp³-hybridized carbons (Fsp3) is 0.133. The molecule has 0 atom stereocenters. The zero-order chi connectivity index (χ0) is 22.0. The van der Waals surface area contributed by atoms with Gasteiger partial charge in [0.25, 0.3) is 0 Å². The molecule has 6 rings (SSSR count). The van der Waals surface area contributed by atoms with Gasteiger partial charge in [0.15, 0.2) is 11.6 Å². The summed E-state index contributed by atoms with van der Waals surface area (Å²) in [6.45, 7) is 4.09. The monoisotopic (exact) mass is 414 g/mol. The van der Waals surface area contributed by atoms with Gasteiger partial charge in [0.05, 0.1) is 0 Å². The van der Waals surface area contributed by atoms with Gasteiger partial charge in [0.2, 0.25) is 0 Å². The molecule has 154 valence electrons. The van der Waals surface area contributed by atoms with Crippen LogP contribution in [0.15, 0.2) is 72.8 Å². The number of carbonyl (C=O) groups is 2. The summed E-state index contributed by atoms with van der Waals surface area (Å²) in [5, 5.41) is 0. The topological polar surface area (TPSA) is 34.1 Å². The first kappa shape index (κ1) is 18.9. The van der Waals surface area contributed by atoms with E-state index in [4.69, 9.17) is 0 Å². The number of aryl methyl sites for hydroxylation is 2. The first-order chi connectivity index (χ1) is 15.5. The number of ketones is 2. The second-order valence-electron chi connectivity index (χ2n) is 8.91. The zero-order valence-electron chi connectivity index (χ0n) is 18.2. The zero-order valence-corrected chi connectivity index (χ0v) is 18.2. The van der Waals surface area contributed by atoms with Crippen molar-refractivity contribution in [1.29, 1.82) is 0 Å². The Labute approximate surface area is 187 Å². The van der Waals surface area contributed by atoms with Crippen LogP contribution >= 0.6 is 0 Å². The largest absolute Gasteiger partial charge is 0.289 e. The summed E-state index contributed by atoms with van der Waals surface area (Å²) in [6.07, 6.45) is 1.46. The van der Waals surface area contributed by atoms with Crippen molar-refractivity contribution in [3.63, 3.8) is 0 Å². The average Bonchev–Trinajstić information content (AvgIpc) is 2.81. The summed E-state index contributed by atoms with van der Waals surface area (Å²) < 4.78 is 0. The van der Waals surface area contributed by atoms with E-state index in [1.165, 1.54) is 0 Å². The molecule has 4 aromatic carbocycles. The van der Waals surface area contributed by atoms with Crippen LogP contribution in [-0.2, 0) is 12.8 Å². The lowest BCUT2D eigenvalue weighted by Gasteiger charge is -2.27. The van der Waals surface area contributed by atoms with Gasteiger partial charge in [0.1, 0.15) is 0 Å². The molecule has 0 fully saturated rings. The van der Waals surface area contributed by atoms with E-state index in [0.29, 0.717) is 0 Å². The summed E-state index contributed by atoms with van der Waals surface area (Å²) in [7, 11) is 0. The van der Waals surface area contributed by atoms with Crippen LogP contribution in [0.4, 0.5) is 0 Å². The predicted octanol–water partition coefficient (Wildman–Crippen LogP) is 6.24. The molecule has 0 bridgehead atoms. The summed E-state index contributed by atoms with van der Waals surface area (Å²) in [5.74, 6) is 0.113. The molecule has 0 aliphatic heterocycles. The molecule has 0 saturated heterocycles. The van der Waals surface area contributed by atoms with Crippen molar-refractivity contribution in [3.05, 3.63) is 128 Å². The van der Waals surface area contributed by atoms with Crippen LogP contribution in [0.5, 0.6) is 0 Å². The van der Waals surface area contributed by atoms with E-state index in [1.54, 1.807) is 0 Å². The fourth-order valence-corrected chi connectivity index (χ4v) is 5.43. The Hall–Kier alpha value is -3.78. The van der Waals surface area contributed by atoms with E-state index >= 15 is 0 Å². The maximum absolute atomic E-state index is 13.7. The molecule has 0 unspecified atom stereocenters. The molecule has 0 spiro atoms. The summed E-state index contributed by atoms with van der Waals surface area (Å²) in [6, 6.07) is 24.1. The first-order valence-electron chi connectivity index (χ1n) is 11.0. The molecular formula is C30H22O2. The van der Waals surface area contributed by atoms with Crippen molar-refractivity contribution in [3.8, 4) is 11.1 Å². The molecule has 0 heterocycles. The maximum atomic E-state index is 13.7. The van der Waals surface area contributed by atoms with Gasteiger partial charge in [-0.3, -0.25) is 9.59 Å². The molecule has 2 aliphatic rings. The van der Waals surface area contributed by atoms with Gasteiger partial charge >= 0.3 is 0 Å². The highest BCUT2D eigenvalue weighted by Crippen LogP contribution is 2.42. The van der Waals surface area contributed by atoms with Crippen molar-refractivity contribution in [2.75, 3.05) is 0 Å². The maximum Gasteiger partial charge on any atom is 0.194 e. The third kappa shape index (κ3) is 2.59. The van der Waals surface area contributed by atoms with E-state index in [1.807, 2.05) is 62.4 Å². The standard InChI is InChI=1S/C30H22O2/c1-17-11-13-21-15-19-7-3-5-9-23(19)29(31)27(21)25(17)26-18(2)12-14-22-16-20-8-4-6-10-24(20)30(32)28(22)26/h3-14H,15-16H2,1-2H3. The van der Waals surface area contributed by atoms with Crippen LogP contribution in [0, 0.1) is 13.8 Å². The van der Waals surface area contributed by atoms with Crippen LogP contribution in [-0.4, -0.2) is 11.6 Å². The summed E-state index contributed by atoms with van der Waals surface area (Å²) >= 11 is 0. The lowest BCUT2D eigenvalue weighted by molar-refractivity contribution is 0.102. The Morgan fingerprint density at radius 2 is 0.875 bits per heavy atom. The van der Waals surface area contributed by atoms with Crippen molar-refractivity contribution >= 4 is 11.6 Å². The predicted molar refractivity (Wildman–Crippen MR) is 127 cm³/mol. The second kappa shape index (κ2) is 6.86. The molecule has 0 radical (unpaired) electrons. The highest BCUT2D eigenvalue weighted by molar-refractivity contribution is 6.20. The normalized spacial score (nSPS) is 13.8. The Bertz CT molecular complexity index is 1360. The van der Waals surface area contributed by atoms with Gasteiger partial charge in [-0.15, -0.1) is 0 Å². The lowest BCUT2D eigenvalue weighted by atomic mass is 9.75. The number of fused-ring (bicyclic) bond motifs is 4. The highest BCUT2D eigenvalue weighted by atomic mass is 16.1. The Morgan fingerprint density at radius 1 is 0.469 bits per heavy atom. The molecule has 0 N–H and O–H groups in total. The molecule has 2 aliphatic carbocycles. The number of hydrogen-bond donors (Lipinski definition) is 0. The van der Waals surface area contributed by atoms with Gasteiger partial charge in [-0.05, 0) is 71.2 Å². The Balaban J connectivity index is 1.65. The van der Waals surface area contributed by atoms with Gasteiger partial charge in [-0.1, -0.05) is 72.8 Å². The first-order valence-corrected chi connectivity index (χ1v) is 11.0. The molecule has 0 amide bonds. The van der Waals surface area contributed by atoms with Crippen LogP contribution in [0.1, 0.15) is 65.2 Å². The SMILES string of the molecule is Cc1ccc2c(c1-c1c(C)ccc3c1C(=O)c1ccccc1C3)C(=O)c1ccccc1C2. The van der Waals surface area contributed by atoms with E-state index in [0.717, 1.165) is 79.6 Å². The third-order valence-electron chi connectivity index (χ3n) is 6.99. The van der Waals surface area contributed by atoms with Gasteiger partial charge in [0, 0.05) is 22.3 Å². The number of benzene rings is 4. The van der Waals surface area contributed by atoms with Gasteiger partial charge in [-0.25, -0.2) is 0 Å².